The van der Waals surface area contributed by atoms with Gasteiger partial charge in [0.2, 0.25) is 11.8 Å². The maximum Gasteiger partial charge on any atom is 0.387 e. The zero-order valence-electron chi connectivity index (χ0n) is 16.0. The summed E-state index contributed by atoms with van der Waals surface area (Å²) in [4.78, 5) is 24.0. The quantitative estimate of drug-likeness (QED) is 0.432. The molecule has 0 atom stereocenters. The van der Waals surface area contributed by atoms with Crippen molar-refractivity contribution in [1.82, 2.24) is 0 Å². The van der Waals surface area contributed by atoms with Gasteiger partial charge < -0.3 is 20.1 Å². The molecular formula is C21H18F4N2O4. The van der Waals surface area contributed by atoms with Crippen LogP contribution in [-0.4, -0.2) is 25.0 Å². The summed E-state index contributed by atoms with van der Waals surface area (Å²) in [5.41, 5.74) is 0.997. The largest absolute Gasteiger partial charge is 0.435 e. The van der Waals surface area contributed by atoms with Crippen LogP contribution in [0.4, 0.5) is 28.9 Å². The molecule has 2 aromatic rings. The Bertz CT molecular complexity index is 978. The minimum absolute atomic E-state index is 0.0308. The molecule has 2 amide bonds. The van der Waals surface area contributed by atoms with Crippen molar-refractivity contribution in [2.24, 2.45) is 5.92 Å². The van der Waals surface area contributed by atoms with E-state index in [0.29, 0.717) is 11.4 Å². The van der Waals surface area contributed by atoms with Crippen molar-refractivity contribution in [3.05, 3.63) is 54.1 Å². The van der Waals surface area contributed by atoms with Crippen molar-refractivity contribution in [3.63, 3.8) is 0 Å². The van der Waals surface area contributed by atoms with Gasteiger partial charge in [-0.15, -0.1) is 0 Å². The first-order valence-corrected chi connectivity index (χ1v) is 9.24. The fraction of sp³-hybridized carbons (Fsp3) is 0.238. The van der Waals surface area contributed by atoms with Crippen LogP contribution in [0.25, 0.3) is 6.08 Å². The average molecular weight is 438 g/mol. The van der Waals surface area contributed by atoms with Gasteiger partial charge in [-0.3, -0.25) is 9.59 Å². The summed E-state index contributed by atoms with van der Waals surface area (Å²) in [7, 11) is 0. The average Bonchev–Trinajstić information content (AvgIpc) is 3.52. The topological polar surface area (TPSA) is 76.7 Å². The molecule has 0 spiro atoms. The molecule has 0 unspecified atom stereocenters. The third kappa shape index (κ3) is 7.02. The molecule has 1 aliphatic carbocycles. The van der Waals surface area contributed by atoms with Gasteiger partial charge in [-0.05, 0) is 49.2 Å². The van der Waals surface area contributed by atoms with Crippen molar-refractivity contribution in [1.29, 1.82) is 0 Å². The molecule has 0 bridgehead atoms. The van der Waals surface area contributed by atoms with Gasteiger partial charge in [0.05, 0.1) is 0 Å². The van der Waals surface area contributed by atoms with Crippen LogP contribution in [0.1, 0.15) is 18.4 Å². The predicted molar refractivity (Wildman–Crippen MR) is 105 cm³/mol. The second kappa shape index (κ2) is 9.96. The molecule has 1 aliphatic rings. The second-order valence-corrected chi connectivity index (χ2v) is 6.62. The van der Waals surface area contributed by atoms with Gasteiger partial charge in [-0.1, -0.05) is 6.07 Å². The number of benzene rings is 2. The fourth-order valence-electron chi connectivity index (χ4n) is 2.64. The van der Waals surface area contributed by atoms with E-state index < -0.39 is 24.9 Å². The number of carbonyl (C=O) groups is 2. The summed E-state index contributed by atoms with van der Waals surface area (Å²) in [5.74, 6) is -1.42. The van der Waals surface area contributed by atoms with E-state index in [9.17, 15) is 27.2 Å². The summed E-state index contributed by atoms with van der Waals surface area (Å²) < 4.78 is 58.3. The lowest BCUT2D eigenvalue weighted by atomic mass is 10.1. The number of alkyl halides is 4. The third-order valence-corrected chi connectivity index (χ3v) is 4.19. The predicted octanol–water partition coefficient (Wildman–Crippen LogP) is 4.89. The van der Waals surface area contributed by atoms with E-state index in [0.717, 1.165) is 31.1 Å². The summed E-state index contributed by atoms with van der Waals surface area (Å²) >= 11 is 0. The number of halogens is 4. The van der Waals surface area contributed by atoms with Crippen LogP contribution >= 0.6 is 0 Å². The molecule has 0 aliphatic heterocycles. The van der Waals surface area contributed by atoms with E-state index in [1.807, 2.05) is 0 Å². The van der Waals surface area contributed by atoms with Crippen molar-refractivity contribution < 1.29 is 36.6 Å². The third-order valence-electron chi connectivity index (χ3n) is 4.19. The maximum absolute atomic E-state index is 12.6. The van der Waals surface area contributed by atoms with Crippen LogP contribution in [0.3, 0.4) is 0 Å². The molecule has 6 nitrogen and oxygen atoms in total. The fourth-order valence-corrected chi connectivity index (χ4v) is 2.64. The minimum atomic E-state index is -3.20. The van der Waals surface area contributed by atoms with Gasteiger partial charge in [-0.25, -0.2) is 0 Å². The Labute approximate surface area is 174 Å². The highest BCUT2D eigenvalue weighted by Crippen LogP contribution is 2.31. The molecule has 0 saturated heterocycles. The highest BCUT2D eigenvalue weighted by atomic mass is 19.3. The molecule has 0 radical (unpaired) electrons. The molecule has 2 N–H and O–H groups in total. The van der Waals surface area contributed by atoms with E-state index >= 15 is 0 Å². The number of anilines is 2. The number of carbonyl (C=O) groups excluding carboxylic acids is 2. The normalized spacial score (nSPS) is 13.5. The molecular weight excluding hydrogens is 420 g/mol. The number of rotatable bonds is 9. The number of nitrogens with one attached hydrogen (secondary N) is 2. The molecule has 0 aromatic heterocycles. The first kappa shape index (κ1) is 22.1. The van der Waals surface area contributed by atoms with Crippen LogP contribution in [0.2, 0.25) is 0 Å². The lowest BCUT2D eigenvalue weighted by molar-refractivity contribution is -0.117. The highest BCUT2D eigenvalue weighted by molar-refractivity contribution is 6.02. The van der Waals surface area contributed by atoms with Crippen molar-refractivity contribution in [2.45, 2.75) is 26.1 Å². The first-order chi connectivity index (χ1) is 14.8. The Kier molecular flexibility index (Phi) is 7.11. The Morgan fingerprint density at radius 3 is 2.26 bits per heavy atom. The van der Waals surface area contributed by atoms with Crippen molar-refractivity contribution in [2.75, 3.05) is 10.6 Å². The first-order valence-electron chi connectivity index (χ1n) is 9.24. The molecule has 3 rings (SSSR count). The Morgan fingerprint density at radius 1 is 0.935 bits per heavy atom. The van der Waals surface area contributed by atoms with Gasteiger partial charge in [-0.2, -0.15) is 17.6 Å². The van der Waals surface area contributed by atoms with E-state index in [2.05, 4.69) is 20.1 Å². The minimum Gasteiger partial charge on any atom is -0.435 e. The number of ether oxygens (including phenoxy) is 2. The van der Waals surface area contributed by atoms with Crippen molar-refractivity contribution in [3.8, 4) is 11.5 Å². The summed E-state index contributed by atoms with van der Waals surface area (Å²) in [5, 5.41) is 5.34. The molecule has 1 fully saturated rings. The van der Waals surface area contributed by atoms with E-state index in [4.69, 9.17) is 0 Å². The number of amides is 2. The number of hydrogen-bond donors (Lipinski definition) is 2. The zero-order chi connectivity index (χ0) is 22.4. The van der Waals surface area contributed by atoms with Gasteiger partial charge in [0, 0.05) is 35.0 Å². The lowest BCUT2D eigenvalue weighted by Gasteiger charge is -2.11. The number of hydrogen-bond acceptors (Lipinski definition) is 4. The summed E-state index contributed by atoms with van der Waals surface area (Å²) in [6.07, 6.45) is 3.98. The van der Waals surface area contributed by atoms with E-state index in [-0.39, 0.29) is 23.1 Å². The summed E-state index contributed by atoms with van der Waals surface area (Å²) in [6, 6.07) is 9.73. The zero-order valence-corrected chi connectivity index (χ0v) is 16.0. The molecule has 164 valence electrons. The van der Waals surface area contributed by atoms with Crippen LogP contribution in [0.5, 0.6) is 11.5 Å². The summed E-state index contributed by atoms with van der Waals surface area (Å²) in [6.45, 7) is -6.33. The smallest absolute Gasteiger partial charge is 0.387 e. The Balaban J connectivity index is 1.67. The SMILES string of the molecule is O=C(/C=C/c1ccc(OC(F)F)cc1OC(F)F)Nc1cccc(NC(=O)C2CC2)c1. The van der Waals surface area contributed by atoms with Gasteiger partial charge in [0.1, 0.15) is 11.5 Å². The van der Waals surface area contributed by atoms with Crippen LogP contribution in [-0.2, 0) is 9.59 Å². The monoisotopic (exact) mass is 438 g/mol. The van der Waals surface area contributed by atoms with Gasteiger partial charge in [0.25, 0.3) is 0 Å². The van der Waals surface area contributed by atoms with E-state index in [1.54, 1.807) is 24.3 Å². The molecule has 2 aromatic carbocycles. The van der Waals surface area contributed by atoms with E-state index in [1.165, 1.54) is 12.1 Å². The Morgan fingerprint density at radius 2 is 1.61 bits per heavy atom. The van der Waals surface area contributed by atoms with Gasteiger partial charge >= 0.3 is 13.2 Å². The highest BCUT2D eigenvalue weighted by Gasteiger charge is 2.29. The molecule has 31 heavy (non-hydrogen) atoms. The van der Waals surface area contributed by atoms with Crippen LogP contribution in [0, 0.1) is 5.92 Å². The van der Waals surface area contributed by atoms with Crippen molar-refractivity contribution >= 4 is 29.3 Å². The Hall–Kier alpha value is -3.56. The molecule has 10 heteroatoms. The maximum atomic E-state index is 12.6. The van der Waals surface area contributed by atoms with Gasteiger partial charge in [0.15, 0.2) is 0 Å². The lowest BCUT2D eigenvalue weighted by Crippen LogP contribution is -2.14. The molecule has 0 heterocycles. The van der Waals surface area contributed by atoms with Crippen LogP contribution in [0.15, 0.2) is 48.5 Å². The standard InChI is InChI=1S/C21H18F4N2O4/c22-20(23)30-16-8-6-12(17(11-16)31-21(24)25)7-9-18(28)26-14-2-1-3-15(10-14)27-19(29)13-4-5-13/h1-3,6-11,13,20-21H,4-5H2,(H,26,28)(H,27,29)/b9-7+. The second-order valence-electron chi connectivity index (χ2n) is 6.62. The van der Waals surface area contributed by atoms with Crippen LogP contribution < -0.4 is 20.1 Å². The molecule has 1 saturated carbocycles.